The van der Waals surface area contributed by atoms with Gasteiger partial charge in [0.15, 0.2) is 11.5 Å². The van der Waals surface area contributed by atoms with Crippen molar-refractivity contribution in [2.75, 3.05) is 65.0 Å². The Morgan fingerprint density at radius 2 is 1.62 bits per heavy atom. The first kappa shape index (κ1) is 29.5. The molecule has 9 heteroatoms. The van der Waals surface area contributed by atoms with E-state index in [1.54, 1.807) is 21.1 Å². The van der Waals surface area contributed by atoms with Gasteiger partial charge in [0.1, 0.15) is 5.75 Å². The minimum atomic E-state index is -0.0252. The summed E-state index contributed by atoms with van der Waals surface area (Å²) in [6.07, 6.45) is 4.10. The van der Waals surface area contributed by atoms with E-state index in [-0.39, 0.29) is 11.9 Å². The van der Waals surface area contributed by atoms with Crippen molar-refractivity contribution < 1.29 is 23.8 Å². The molecule has 0 aromatic heterocycles. The lowest BCUT2D eigenvalue weighted by atomic mass is 10.1. The Kier molecular flexibility index (Phi) is 10.5. The molecule has 2 fully saturated rings. The Labute approximate surface area is 238 Å². The number of unbranched alkanes of at least 4 members (excludes halogenated alkanes) is 2. The van der Waals surface area contributed by atoms with E-state index in [9.17, 15) is 9.59 Å². The minimum Gasteiger partial charge on any atom is -0.496 e. The fourth-order valence-corrected chi connectivity index (χ4v) is 5.35. The zero-order chi connectivity index (χ0) is 28.5. The highest BCUT2D eigenvalue weighted by molar-refractivity contribution is 5.93. The summed E-state index contributed by atoms with van der Waals surface area (Å²) in [4.78, 5) is 33.2. The number of piperazine rings is 1. The molecule has 0 saturated carbocycles. The summed E-state index contributed by atoms with van der Waals surface area (Å²) in [6.45, 7) is 10.3. The van der Waals surface area contributed by atoms with Crippen LogP contribution in [0.1, 0.15) is 50.7 Å². The largest absolute Gasteiger partial charge is 0.496 e. The number of carbonyl (C=O) groups is 2. The number of amides is 3. The van der Waals surface area contributed by atoms with Crippen molar-refractivity contribution in [2.24, 2.45) is 0 Å². The van der Waals surface area contributed by atoms with Crippen LogP contribution in [0.3, 0.4) is 0 Å². The lowest BCUT2D eigenvalue weighted by Crippen LogP contribution is -2.49. The number of rotatable bonds is 12. The number of ether oxygens (including phenoxy) is 3. The molecule has 0 N–H and O–H groups in total. The van der Waals surface area contributed by atoms with Gasteiger partial charge in [-0.1, -0.05) is 31.9 Å². The van der Waals surface area contributed by atoms with Crippen molar-refractivity contribution >= 4 is 17.6 Å². The molecule has 0 radical (unpaired) electrons. The highest BCUT2D eigenvalue weighted by atomic mass is 16.5. The number of hydrogen-bond acceptors (Lipinski definition) is 6. The first-order chi connectivity index (χ1) is 19.4. The number of benzene rings is 2. The molecule has 2 heterocycles. The highest BCUT2D eigenvalue weighted by Gasteiger charge is 2.28. The monoisotopic (exact) mass is 552 g/mol. The van der Waals surface area contributed by atoms with Gasteiger partial charge in [-0.25, -0.2) is 4.79 Å². The van der Waals surface area contributed by atoms with Gasteiger partial charge >= 0.3 is 6.03 Å². The molecule has 4 rings (SSSR count). The average Bonchev–Trinajstić information content (AvgIpc) is 2.97. The summed E-state index contributed by atoms with van der Waals surface area (Å²) in [5.74, 6) is 2.27. The normalized spacial score (nSPS) is 16.3. The van der Waals surface area contributed by atoms with Gasteiger partial charge in [0.2, 0.25) is 5.91 Å². The molecule has 40 heavy (non-hydrogen) atoms. The van der Waals surface area contributed by atoms with E-state index >= 15 is 0 Å². The van der Waals surface area contributed by atoms with E-state index in [0.717, 1.165) is 81.0 Å². The van der Waals surface area contributed by atoms with Crippen LogP contribution in [-0.4, -0.2) is 86.7 Å². The number of nitrogens with zero attached hydrogens (tertiary/aromatic N) is 4. The molecular formula is C31H44N4O5. The number of urea groups is 1. The van der Waals surface area contributed by atoms with Crippen molar-refractivity contribution in [1.29, 1.82) is 0 Å². The van der Waals surface area contributed by atoms with Crippen molar-refractivity contribution in [1.82, 2.24) is 14.7 Å². The van der Waals surface area contributed by atoms with Gasteiger partial charge in [-0.15, -0.1) is 0 Å². The Bertz CT molecular complexity index is 1150. The van der Waals surface area contributed by atoms with Crippen LogP contribution in [0, 0.1) is 0 Å². The number of hydrogen-bond donors (Lipinski definition) is 0. The summed E-state index contributed by atoms with van der Waals surface area (Å²) in [7, 11) is 3.31. The SMILES string of the molecule is CCCCCOc1cc(N2CCCN(Cc3ccc(CN4CCN(C(C)=O)CC4)cc3OC)C2=O)ccc1OC. The maximum atomic E-state index is 13.6. The van der Waals surface area contributed by atoms with Gasteiger partial charge < -0.3 is 24.0 Å². The third kappa shape index (κ3) is 7.38. The molecule has 0 atom stereocenters. The third-order valence-electron chi connectivity index (χ3n) is 7.71. The van der Waals surface area contributed by atoms with Crippen molar-refractivity contribution in [3.8, 4) is 17.2 Å². The first-order valence-corrected chi connectivity index (χ1v) is 14.4. The molecular weight excluding hydrogens is 508 g/mol. The highest BCUT2D eigenvalue weighted by Crippen LogP contribution is 2.34. The Morgan fingerprint density at radius 3 is 2.33 bits per heavy atom. The predicted octanol–water partition coefficient (Wildman–Crippen LogP) is 4.77. The van der Waals surface area contributed by atoms with E-state index in [1.165, 1.54) is 0 Å². The van der Waals surface area contributed by atoms with Crippen LogP contribution >= 0.6 is 0 Å². The first-order valence-electron chi connectivity index (χ1n) is 14.4. The van der Waals surface area contributed by atoms with Gasteiger partial charge in [0.25, 0.3) is 0 Å². The minimum absolute atomic E-state index is 0.0252. The predicted molar refractivity (Wildman–Crippen MR) is 156 cm³/mol. The molecule has 0 spiro atoms. The maximum absolute atomic E-state index is 13.6. The zero-order valence-electron chi connectivity index (χ0n) is 24.5. The quantitative estimate of drug-likeness (QED) is 0.353. The molecule has 2 aromatic rings. The van der Waals surface area contributed by atoms with E-state index in [0.29, 0.717) is 37.7 Å². The molecule has 218 valence electrons. The van der Waals surface area contributed by atoms with Gasteiger partial charge in [-0.2, -0.15) is 0 Å². The molecule has 2 aliphatic heterocycles. The number of methoxy groups -OCH3 is 2. The fraction of sp³-hybridized carbons (Fsp3) is 0.548. The number of anilines is 1. The second-order valence-corrected chi connectivity index (χ2v) is 10.5. The summed E-state index contributed by atoms with van der Waals surface area (Å²) >= 11 is 0. The molecule has 2 aromatic carbocycles. The van der Waals surface area contributed by atoms with Crippen LogP contribution in [0.15, 0.2) is 36.4 Å². The lowest BCUT2D eigenvalue weighted by Gasteiger charge is -2.36. The van der Waals surface area contributed by atoms with Crippen molar-refractivity contribution in [3.05, 3.63) is 47.5 Å². The molecule has 3 amide bonds. The van der Waals surface area contributed by atoms with Crippen LogP contribution in [-0.2, 0) is 17.9 Å². The fourth-order valence-electron chi connectivity index (χ4n) is 5.35. The van der Waals surface area contributed by atoms with E-state index in [1.807, 2.05) is 32.9 Å². The topological polar surface area (TPSA) is 74.8 Å². The van der Waals surface area contributed by atoms with Gasteiger partial charge in [0, 0.05) is 70.1 Å². The molecule has 9 nitrogen and oxygen atoms in total. The summed E-state index contributed by atoms with van der Waals surface area (Å²) in [5, 5.41) is 0. The summed E-state index contributed by atoms with van der Waals surface area (Å²) < 4.78 is 17.3. The standard InChI is InChI=1S/C31H44N4O5/c1-5-6-7-19-40-30-21-27(11-12-28(30)38-3)35-14-8-13-34(31(35)37)23-26-10-9-25(20-29(26)39-4)22-32-15-17-33(18-16-32)24(2)36/h9-12,20-21H,5-8,13-19,22-23H2,1-4H3. The molecule has 0 unspecified atom stereocenters. The van der Waals surface area contributed by atoms with Gasteiger partial charge in [0.05, 0.1) is 27.4 Å². The second-order valence-electron chi connectivity index (χ2n) is 10.5. The Hall–Kier alpha value is -3.46. The van der Waals surface area contributed by atoms with Gasteiger partial charge in [-0.3, -0.25) is 14.6 Å². The Balaban J connectivity index is 1.41. The van der Waals surface area contributed by atoms with E-state index in [4.69, 9.17) is 14.2 Å². The number of carbonyl (C=O) groups excluding carboxylic acids is 2. The summed E-state index contributed by atoms with van der Waals surface area (Å²) in [5.41, 5.74) is 2.96. The van der Waals surface area contributed by atoms with Crippen molar-refractivity contribution in [3.63, 3.8) is 0 Å². The van der Waals surface area contributed by atoms with Crippen LogP contribution in [0.4, 0.5) is 10.5 Å². The van der Waals surface area contributed by atoms with Gasteiger partial charge in [-0.05, 0) is 36.6 Å². The Morgan fingerprint density at radius 1 is 0.850 bits per heavy atom. The maximum Gasteiger partial charge on any atom is 0.324 e. The van der Waals surface area contributed by atoms with Crippen LogP contribution in [0.25, 0.3) is 0 Å². The molecule has 0 aliphatic carbocycles. The second kappa shape index (κ2) is 14.3. The zero-order valence-corrected chi connectivity index (χ0v) is 24.5. The third-order valence-corrected chi connectivity index (χ3v) is 7.71. The van der Waals surface area contributed by atoms with Crippen LogP contribution in [0.5, 0.6) is 17.2 Å². The van der Waals surface area contributed by atoms with E-state index < -0.39 is 0 Å². The average molecular weight is 553 g/mol. The summed E-state index contributed by atoms with van der Waals surface area (Å²) in [6, 6.07) is 11.9. The molecule has 2 aliphatic rings. The lowest BCUT2D eigenvalue weighted by molar-refractivity contribution is -0.130. The smallest absolute Gasteiger partial charge is 0.324 e. The van der Waals surface area contributed by atoms with Crippen LogP contribution < -0.4 is 19.1 Å². The van der Waals surface area contributed by atoms with E-state index in [2.05, 4.69) is 30.0 Å². The van der Waals surface area contributed by atoms with Crippen molar-refractivity contribution in [2.45, 2.75) is 52.6 Å². The van der Waals surface area contributed by atoms with Crippen LogP contribution in [0.2, 0.25) is 0 Å². The molecule has 0 bridgehead atoms. The molecule has 2 saturated heterocycles.